The summed E-state index contributed by atoms with van der Waals surface area (Å²) in [5, 5.41) is 12.2. The largest absolute Gasteiger partial charge is 0.309 e. The van der Waals surface area contributed by atoms with E-state index < -0.39 is 0 Å². The topological polar surface area (TPSA) is 48.7 Å². The number of benzene rings is 1. The number of aryl methyl sites for hydroxylation is 1. The number of nitrogens with zero attached hydrogens (tertiary/aromatic N) is 2. The lowest BCUT2D eigenvalue weighted by Gasteiger charge is -2.08. The molecule has 0 saturated carbocycles. The van der Waals surface area contributed by atoms with Crippen molar-refractivity contribution in [1.29, 1.82) is 5.26 Å². The van der Waals surface area contributed by atoms with Crippen LogP contribution in [0.1, 0.15) is 22.3 Å². The van der Waals surface area contributed by atoms with Gasteiger partial charge < -0.3 is 5.32 Å². The predicted molar refractivity (Wildman–Crippen MR) is 70.6 cm³/mol. The SMILES string of the molecule is Cc1ccncc1CNCc1cc(F)ccc1C#N. The fraction of sp³-hybridized carbons (Fsp3) is 0.200. The van der Waals surface area contributed by atoms with Gasteiger partial charge in [0.05, 0.1) is 11.6 Å². The quantitative estimate of drug-likeness (QED) is 0.913. The molecule has 96 valence electrons. The minimum absolute atomic E-state index is 0.326. The van der Waals surface area contributed by atoms with E-state index in [1.165, 1.54) is 18.2 Å². The molecule has 0 radical (unpaired) electrons. The third-order valence-corrected chi connectivity index (χ3v) is 2.97. The molecule has 1 aromatic carbocycles. The second-order valence-electron chi connectivity index (χ2n) is 4.32. The first-order valence-electron chi connectivity index (χ1n) is 5.99. The van der Waals surface area contributed by atoms with Crippen molar-refractivity contribution >= 4 is 0 Å². The summed E-state index contributed by atoms with van der Waals surface area (Å²) in [5.74, 6) is -0.326. The van der Waals surface area contributed by atoms with Crippen molar-refractivity contribution in [3.63, 3.8) is 0 Å². The van der Waals surface area contributed by atoms with Crippen molar-refractivity contribution in [2.45, 2.75) is 20.0 Å². The highest BCUT2D eigenvalue weighted by Crippen LogP contribution is 2.11. The van der Waals surface area contributed by atoms with Gasteiger partial charge in [0, 0.05) is 25.5 Å². The minimum Gasteiger partial charge on any atom is -0.309 e. The number of pyridine rings is 1. The summed E-state index contributed by atoms with van der Waals surface area (Å²) < 4.78 is 13.2. The number of hydrogen-bond donors (Lipinski definition) is 1. The molecule has 0 atom stereocenters. The van der Waals surface area contributed by atoms with Gasteiger partial charge in [-0.2, -0.15) is 5.26 Å². The predicted octanol–water partition coefficient (Wildman–Crippen LogP) is 2.69. The number of halogens is 1. The Morgan fingerprint density at radius 1 is 1.26 bits per heavy atom. The molecule has 0 amide bonds. The van der Waals surface area contributed by atoms with Crippen LogP contribution in [-0.2, 0) is 13.1 Å². The Kier molecular flexibility index (Phi) is 4.22. The van der Waals surface area contributed by atoms with Gasteiger partial charge in [0.15, 0.2) is 0 Å². The fourth-order valence-corrected chi connectivity index (χ4v) is 1.83. The number of aromatic nitrogens is 1. The van der Waals surface area contributed by atoms with Gasteiger partial charge >= 0.3 is 0 Å². The van der Waals surface area contributed by atoms with Gasteiger partial charge in [-0.1, -0.05) is 0 Å². The van der Waals surface area contributed by atoms with Gasteiger partial charge in [0.25, 0.3) is 0 Å². The molecular weight excluding hydrogens is 241 g/mol. The maximum Gasteiger partial charge on any atom is 0.123 e. The van der Waals surface area contributed by atoms with Crippen molar-refractivity contribution in [3.05, 3.63) is 64.7 Å². The molecule has 0 aliphatic rings. The van der Waals surface area contributed by atoms with E-state index in [9.17, 15) is 4.39 Å². The molecule has 0 unspecified atom stereocenters. The second-order valence-corrected chi connectivity index (χ2v) is 4.32. The first-order valence-corrected chi connectivity index (χ1v) is 5.99. The Labute approximate surface area is 111 Å². The van der Waals surface area contributed by atoms with Crippen LogP contribution in [0.2, 0.25) is 0 Å². The second kappa shape index (κ2) is 6.07. The standard InChI is InChI=1S/C15H14FN3/c1-11-4-5-18-9-14(11)10-19-8-13-6-15(16)3-2-12(13)7-17/h2-6,9,19H,8,10H2,1H3. The third-order valence-electron chi connectivity index (χ3n) is 2.97. The summed E-state index contributed by atoms with van der Waals surface area (Å²) in [4.78, 5) is 4.07. The zero-order chi connectivity index (χ0) is 13.7. The van der Waals surface area contributed by atoms with Crippen molar-refractivity contribution in [3.8, 4) is 6.07 Å². The molecule has 0 saturated heterocycles. The summed E-state index contributed by atoms with van der Waals surface area (Å²) in [7, 11) is 0. The molecule has 2 rings (SSSR count). The lowest BCUT2D eigenvalue weighted by Crippen LogP contribution is -2.14. The van der Waals surface area contributed by atoms with Crippen LogP contribution in [0.4, 0.5) is 4.39 Å². The summed E-state index contributed by atoms with van der Waals surface area (Å²) in [6.07, 6.45) is 3.55. The van der Waals surface area contributed by atoms with E-state index in [-0.39, 0.29) is 5.82 Å². The maximum atomic E-state index is 13.2. The lowest BCUT2D eigenvalue weighted by atomic mass is 10.1. The van der Waals surface area contributed by atoms with E-state index in [1.54, 1.807) is 12.4 Å². The maximum absolute atomic E-state index is 13.2. The van der Waals surface area contributed by atoms with E-state index in [0.29, 0.717) is 24.2 Å². The van der Waals surface area contributed by atoms with Crippen LogP contribution in [0.3, 0.4) is 0 Å². The van der Waals surface area contributed by atoms with Crippen molar-refractivity contribution in [2.75, 3.05) is 0 Å². The Morgan fingerprint density at radius 3 is 2.79 bits per heavy atom. The molecule has 19 heavy (non-hydrogen) atoms. The molecule has 1 N–H and O–H groups in total. The van der Waals surface area contributed by atoms with Gasteiger partial charge in [-0.05, 0) is 47.9 Å². The van der Waals surface area contributed by atoms with Gasteiger partial charge in [-0.3, -0.25) is 4.98 Å². The Balaban J connectivity index is 2.02. The number of nitriles is 1. The fourth-order valence-electron chi connectivity index (χ4n) is 1.83. The molecule has 1 heterocycles. The van der Waals surface area contributed by atoms with Crippen LogP contribution in [0.15, 0.2) is 36.7 Å². The van der Waals surface area contributed by atoms with E-state index in [4.69, 9.17) is 5.26 Å². The number of hydrogen-bond acceptors (Lipinski definition) is 3. The number of nitrogens with one attached hydrogen (secondary N) is 1. The highest BCUT2D eigenvalue weighted by molar-refractivity contribution is 5.37. The third kappa shape index (κ3) is 3.36. The smallest absolute Gasteiger partial charge is 0.123 e. The number of rotatable bonds is 4. The first kappa shape index (κ1) is 13.2. The van der Waals surface area contributed by atoms with Crippen LogP contribution < -0.4 is 5.32 Å². The van der Waals surface area contributed by atoms with Gasteiger partial charge in [0.1, 0.15) is 5.82 Å². The van der Waals surface area contributed by atoms with E-state index >= 15 is 0 Å². The van der Waals surface area contributed by atoms with Gasteiger partial charge in [-0.25, -0.2) is 4.39 Å². The van der Waals surface area contributed by atoms with Crippen LogP contribution in [0.5, 0.6) is 0 Å². The summed E-state index contributed by atoms with van der Waals surface area (Å²) >= 11 is 0. The van der Waals surface area contributed by atoms with Gasteiger partial charge in [-0.15, -0.1) is 0 Å². The Morgan fingerprint density at radius 2 is 2.05 bits per heavy atom. The molecule has 0 bridgehead atoms. The molecular formula is C15H14FN3. The molecule has 0 spiro atoms. The first-order chi connectivity index (χ1) is 9.20. The van der Waals surface area contributed by atoms with Crippen molar-refractivity contribution < 1.29 is 4.39 Å². The van der Waals surface area contributed by atoms with Crippen LogP contribution in [0, 0.1) is 24.1 Å². The molecule has 4 heteroatoms. The highest BCUT2D eigenvalue weighted by atomic mass is 19.1. The average molecular weight is 255 g/mol. The van der Waals surface area contributed by atoms with E-state index in [1.807, 2.05) is 13.0 Å². The van der Waals surface area contributed by atoms with Crippen LogP contribution in [0.25, 0.3) is 0 Å². The minimum atomic E-state index is -0.326. The zero-order valence-electron chi connectivity index (χ0n) is 10.7. The monoisotopic (exact) mass is 255 g/mol. The van der Waals surface area contributed by atoms with Crippen LogP contribution >= 0.6 is 0 Å². The Hall–Kier alpha value is -2.25. The van der Waals surface area contributed by atoms with Crippen LogP contribution in [-0.4, -0.2) is 4.98 Å². The zero-order valence-corrected chi connectivity index (χ0v) is 10.7. The van der Waals surface area contributed by atoms with E-state index in [2.05, 4.69) is 16.4 Å². The average Bonchev–Trinajstić information content (AvgIpc) is 2.41. The van der Waals surface area contributed by atoms with Crippen molar-refractivity contribution in [2.24, 2.45) is 0 Å². The molecule has 2 aromatic rings. The lowest BCUT2D eigenvalue weighted by molar-refractivity contribution is 0.619. The van der Waals surface area contributed by atoms with Gasteiger partial charge in [0.2, 0.25) is 0 Å². The highest BCUT2D eigenvalue weighted by Gasteiger charge is 2.04. The normalized spacial score (nSPS) is 10.2. The molecule has 1 aromatic heterocycles. The molecule has 0 aliphatic heterocycles. The van der Waals surface area contributed by atoms with E-state index in [0.717, 1.165) is 11.1 Å². The van der Waals surface area contributed by atoms with Crippen molar-refractivity contribution in [1.82, 2.24) is 10.3 Å². The summed E-state index contributed by atoms with van der Waals surface area (Å²) in [5.41, 5.74) is 3.42. The Bertz CT molecular complexity index is 617. The summed E-state index contributed by atoms with van der Waals surface area (Å²) in [6.45, 7) is 3.11. The molecule has 3 nitrogen and oxygen atoms in total. The molecule has 0 aliphatic carbocycles. The summed E-state index contributed by atoms with van der Waals surface area (Å²) in [6, 6.07) is 8.20. The molecule has 0 fully saturated rings.